The average Bonchev–Trinajstić information content (AvgIpc) is 2.35. The summed E-state index contributed by atoms with van der Waals surface area (Å²) in [6.07, 6.45) is 3.51. The minimum absolute atomic E-state index is 0.263. The molecular formula is C12H8BrN3O. The Kier molecular flexibility index (Phi) is 3.68. The number of nitriles is 1. The zero-order valence-corrected chi connectivity index (χ0v) is 10.4. The highest BCUT2D eigenvalue weighted by atomic mass is 79.9. The van der Waals surface area contributed by atoms with Gasteiger partial charge < -0.3 is 4.74 Å². The van der Waals surface area contributed by atoms with E-state index < -0.39 is 0 Å². The summed E-state index contributed by atoms with van der Waals surface area (Å²) in [5, 5.41) is 8.70. The van der Waals surface area contributed by atoms with Gasteiger partial charge in [0.15, 0.2) is 0 Å². The van der Waals surface area contributed by atoms with Gasteiger partial charge in [-0.05, 0) is 22.0 Å². The van der Waals surface area contributed by atoms with Gasteiger partial charge in [0, 0.05) is 18.0 Å². The quantitative estimate of drug-likeness (QED) is 0.871. The van der Waals surface area contributed by atoms with E-state index in [0.29, 0.717) is 12.2 Å². The van der Waals surface area contributed by atoms with Crippen molar-refractivity contribution >= 4 is 15.9 Å². The van der Waals surface area contributed by atoms with Gasteiger partial charge in [0.25, 0.3) is 0 Å². The summed E-state index contributed by atoms with van der Waals surface area (Å²) in [4.78, 5) is 8.02. The summed E-state index contributed by atoms with van der Waals surface area (Å²) in [6.45, 7) is 0. The molecule has 5 heteroatoms. The van der Waals surface area contributed by atoms with Crippen LogP contribution in [-0.4, -0.2) is 9.97 Å². The van der Waals surface area contributed by atoms with Gasteiger partial charge in [-0.1, -0.05) is 18.2 Å². The van der Waals surface area contributed by atoms with Crippen molar-refractivity contribution in [3.8, 4) is 17.8 Å². The van der Waals surface area contributed by atoms with E-state index in [2.05, 4.69) is 32.0 Å². The number of hydrogen-bond donors (Lipinski definition) is 0. The molecule has 2 aromatic rings. The molecule has 0 amide bonds. The number of nitrogens with zero attached hydrogens (tertiary/aromatic N) is 3. The van der Waals surface area contributed by atoms with Crippen molar-refractivity contribution in [1.29, 1.82) is 5.26 Å². The van der Waals surface area contributed by atoms with Gasteiger partial charge in [-0.3, -0.25) is 0 Å². The number of ether oxygens (including phenoxy) is 1. The van der Waals surface area contributed by atoms with E-state index in [0.717, 1.165) is 10.0 Å². The van der Waals surface area contributed by atoms with Crippen LogP contribution in [0.5, 0.6) is 11.8 Å². The van der Waals surface area contributed by atoms with Crippen LogP contribution in [0.25, 0.3) is 0 Å². The molecule has 0 aliphatic heterocycles. The van der Waals surface area contributed by atoms with E-state index in [-0.39, 0.29) is 6.01 Å². The van der Waals surface area contributed by atoms with E-state index in [9.17, 15) is 0 Å². The Morgan fingerprint density at radius 3 is 2.65 bits per heavy atom. The number of halogens is 1. The molecule has 1 heterocycles. The first kappa shape index (κ1) is 11.6. The molecule has 0 radical (unpaired) electrons. The van der Waals surface area contributed by atoms with Crippen LogP contribution in [0.4, 0.5) is 0 Å². The number of aromatic nitrogens is 2. The topological polar surface area (TPSA) is 58.8 Å². The highest BCUT2D eigenvalue weighted by Gasteiger charge is 2.05. The second-order valence-electron chi connectivity index (χ2n) is 3.23. The van der Waals surface area contributed by atoms with Gasteiger partial charge in [0.1, 0.15) is 5.75 Å². The highest BCUT2D eigenvalue weighted by Crippen LogP contribution is 2.23. The van der Waals surface area contributed by atoms with Crippen molar-refractivity contribution in [3.05, 3.63) is 46.7 Å². The van der Waals surface area contributed by atoms with Crippen LogP contribution in [0.3, 0.4) is 0 Å². The molecule has 2 rings (SSSR count). The van der Waals surface area contributed by atoms with E-state index >= 15 is 0 Å². The molecule has 4 nitrogen and oxygen atoms in total. The molecule has 0 saturated heterocycles. The monoisotopic (exact) mass is 289 g/mol. The molecule has 1 aromatic heterocycles. The maximum absolute atomic E-state index is 8.70. The molecule has 0 atom stereocenters. The summed E-state index contributed by atoms with van der Waals surface area (Å²) < 4.78 is 6.31. The van der Waals surface area contributed by atoms with E-state index in [4.69, 9.17) is 10.00 Å². The first-order valence-corrected chi connectivity index (χ1v) is 5.69. The second-order valence-corrected chi connectivity index (χ2v) is 4.14. The van der Waals surface area contributed by atoms with E-state index in [1.807, 2.05) is 18.2 Å². The minimum Gasteiger partial charge on any atom is -0.424 e. The Hall–Kier alpha value is -1.93. The molecular weight excluding hydrogens is 282 g/mol. The number of para-hydroxylation sites is 1. The molecule has 0 fully saturated rings. The molecule has 0 aliphatic carbocycles. The number of hydrogen-bond acceptors (Lipinski definition) is 4. The summed E-state index contributed by atoms with van der Waals surface area (Å²) in [5.74, 6) is 0.608. The number of benzene rings is 1. The van der Waals surface area contributed by atoms with Gasteiger partial charge in [-0.2, -0.15) is 5.26 Å². The largest absolute Gasteiger partial charge is 0.424 e. The molecule has 17 heavy (non-hydrogen) atoms. The SMILES string of the molecule is N#CCc1ccccc1Oc1ncc(Br)cn1. The van der Waals surface area contributed by atoms with Crippen LogP contribution in [-0.2, 0) is 6.42 Å². The molecule has 84 valence electrons. The Morgan fingerprint density at radius 2 is 1.94 bits per heavy atom. The zero-order valence-electron chi connectivity index (χ0n) is 8.80. The Labute approximate surface area is 107 Å². The maximum atomic E-state index is 8.70. The fraction of sp³-hybridized carbons (Fsp3) is 0.0833. The first-order valence-electron chi connectivity index (χ1n) is 4.90. The summed E-state index contributed by atoms with van der Waals surface area (Å²) >= 11 is 3.25. The van der Waals surface area contributed by atoms with Gasteiger partial charge >= 0.3 is 6.01 Å². The van der Waals surface area contributed by atoms with Gasteiger partial charge in [-0.25, -0.2) is 9.97 Å². The molecule has 0 bridgehead atoms. The van der Waals surface area contributed by atoms with E-state index in [1.54, 1.807) is 18.5 Å². The van der Waals surface area contributed by atoms with Crippen molar-refractivity contribution < 1.29 is 4.74 Å². The van der Waals surface area contributed by atoms with Crippen molar-refractivity contribution in [2.24, 2.45) is 0 Å². The lowest BCUT2D eigenvalue weighted by Gasteiger charge is -2.06. The van der Waals surface area contributed by atoms with Crippen molar-refractivity contribution in [1.82, 2.24) is 9.97 Å². The van der Waals surface area contributed by atoms with Crippen LogP contribution in [0.2, 0.25) is 0 Å². The van der Waals surface area contributed by atoms with Crippen molar-refractivity contribution in [2.75, 3.05) is 0 Å². The Morgan fingerprint density at radius 1 is 1.24 bits per heavy atom. The fourth-order valence-corrected chi connectivity index (χ4v) is 1.49. The third kappa shape index (κ3) is 3.02. The van der Waals surface area contributed by atoms with Crippen molar-refractivity contribution in [3.63, 3.8) is 0 Å². The Bertz CT molecular complexity index is 548. The van der Waals surface area contributed by atoms with Crippen LogP contribution in [0.15, 0.2) is 41.1 Å². The number of rotatable bonds is 3. The first-order chi connectivity index (χ1) is 8.29. The average molecular weight is 290 g/mol. The minimum atomic E-state index is 0.263. The predicted molar refractivity (Wildman–Crippen MR) is 65.6 cm³/mol. The molecule has 0 aliphatic rings. The standard InChI is InChI=1S/C12H8BrN3O/c13-10-7-15-12(16-8-10)17-11-4-2-1-3-9(11)5-6-14/h1-4,7-8H,5H2. The molecule has 0 saturated carbocycles. The van der Waals surface area contributed by atoms with Gasteiger partial charge in [0.2, 0.25) is 0 Å². The molecule has 0 N–H and O–H groups in total. The predicted octanol–water partition coefficient (Wildman–Crippen LogP) is 3.10. The zero-order chi connectivity index (χ0) is 12.1. The lowest BCUT2D eigenvalue weighted by Crippen LogP contribution is -1.94. The summed E-state index contributed by atoms with van der Waals surface area (Å²) in [5.41, 5.74) is 0.821. The van der Waals surface area contributed by atoms with Crippen LogP contribution in [0, 0.1) is 11.3 Å². The smallest absolute Gasteiger partial charge is 0.321 e. The normalized spacial score (nSPS) is 9.65. The van der Waals surface area contributed by atoms with Crippen LogP contribution in [0.1, 0.15) is 5.56 Å². The highest BCUT2D eigenvalue weighted by molar-refractivity contribution is 9.10. The summed E-state index contributed by atoms with van der Waals surface area (Å²) in [6, 6.07) is 9.69. The van der Waals surface area contributed by atoms with E-state index in [1.165, 1.54) is 0 Å². The molecule has 1 aromatic carbocycles. The lowest BCUT2D eigenvalue weighted by atomic mass is 10.1. The molecule has 0 spiro atoms. The second kappa shape index (κ2) is 5.41. The Balaban J connectivity index is 2.24. The lowest BCUT2D eigenvalue weighted by molar-refractivity contribution is 0.437. The van der Waals surface area contributed by atoms with Gasteiger partial charge in [-0.15, -0.1) is 0 Å². The van der Waals surface area contributed by atoms with Gasteiger partial charge in [0.05, 0.1) is 17.0 Å². The molecule has 0 unspecified atom stereocenters. The van der Waals surface area contributed by atoms with Crippen LogP contribution >= 0.6 is 15.9 Å². The third-order valence-electron chi connectivity index (χ3n) is 2.04. The van der Waals surface area contributed by atoms with Crippen LogP contribution < -0.4 is 4.74 Å². The maximum Gasteiger partial charge on any atom is 0.321 e. The van der Waals surface area contributed by atoms with Crippen molar-refractivity contribution in [2.45, 2.75) is 6.42 Å². The summed E-state index contributed by atoms with van der Waals surface area (Å²) in [7, 11) is 0. The third-order valence-corrected chi connectivity index (χ3v) is 2.45. The fourth-order valence-electron chi connectivity index (χ4n) is 1.29.